The van der Waals surface area contributed by atoms with Gasteiger partial charge in [-0.3, -0.25) is 9.59 Å². The molecule has 0 bridgehead atoms. The van der Waals surface area contributed by atoms with Crippen molar-refractivity contribution in [2.24, 2.45) is 0 Å². The van der Waals surface area contributed by atoms with Crippen LogP contribution in [-0.4, -0.2) is 30.9 Å². The van der Waals surface area contributed by atoms with Crippen molar-refractivity contribution in [2.45, 2.75) is 32.2 Å². The molecule has 3 rings (SSSR count). The van der Waals surface area contributed by atoms with E-state index in [9.17, 15) is 9.59 Å². The first-order valence-electron chi connectivity index (χ1n) is 10.2. The molecule has 6 heteroatoms. The third-order valence-electron chi connectivity index (χ3n) is 5.14. The molecule has 0 fully saturated rings. The van der Waals surface area contributed by atoms with Crippen molar-refractivity contribution in [2.75, 3.05) is 13.9 Å². The maximum atomic E-state index is 13.2. The maximum absolute atomic E-state index is 13.2. The van der Waals surface area contributed by atoms with Gasteiger partial charge in [0.05, 0.1) is 6.04 Å². The zero-order valence-electron chi connectivity index (χ0n) is 17.8. The first-order chi connectivity index (χ1) is 15.0. The molecule has 0 aliphatic carbocycles. The van der Waals surface area contributed by atoms with Gasteiger partial charge in [0.25, 0.3) is 5.91 Å². The number of hydrogen-bond acceptors (Lipinski definition) is 4. The number of carboxylic acids is 1. The quantitative estimate of drug-likeness (QED) is 0.463. The van der Waals surface area contributed by atoms with E-state index in [1.165, 1.54) is 7.11 Å². The average molecular weight is 421 g/mol. The number of amides is 1. The van der Waals surface area contributed by atoms with Crippen LogP contribution in [0.15, 0.2) is 60.7 Å². The molecule has 0 aliphatic heterocycles. The molecule has 3 aromatic carbocycles. The molecule has 0 spiro atoms. The lowest BCUT2D eigenvalue weighted by atomic mass is 9.98. The molecule has 0 aliphatic rings. The maximum Gasteiger partial charge on any atom is 0.303 e. The summed E-state index contributed by atoms with van der Waals surface area (Å²) in [5.41, 5.74) is 2.30. The topological polar surface area (TPSA) is 84.9 Å². The van der Waals surface area contributed by atoms with Gasteiger partial charge in [-0.05, 0) is 53.8 Å². The fourth-order valence-electron chi connectivity index (χ4n) is 3.61. The molecule has 31 heavy (non-hydrogen) atoms. The summed E-state index contributed by atoms with van der Waals surface area (Å²) in [6, 6.07) is 19.1. The Morgan fingerprint density at radius 2 is 1.84 bits per heavy atom. The lowest BCUT2D eigenvalue weighted by molar-refractivity contribution is -0.137. The van der Waals surface area contributed by atoms with E-state index in [4.69, 9.17) is 14.6 Å². The minimum Gasteiger partial charge on any atom is -0.481 e. The smallest absolute Gasteiger partial charge is 0.303 e. The van der Waals surface area contributed by atoms with E-state index in [1.807, 2.05) is 55.5 Å². The van der Waals surface area contributed by atoms with Crippen LogP contribution in [0.1, 0.15) is 47.3 Å². The first kappa shape index (κ1) is 22.3. The van der Waals surface area contributed by atoms with Crippen molar-refractivity contribution in [3.63, 3.8) is 0 Å². The van der Waals surface area contributed by atoms with Crippen molar-refractivity contribution in [3.05, 3.63) is 77.4 Å². The highest BCUT2D eigenvalue weighted by molar-refractivity contribution is 5.97. The number of carbonyl (C=O) groups excluding carboxylic acids is 1. The van der Waals surface area contributed by atoms with Crippen LogP contribution < -0.4 is 10.1 Å². The van der Waals surface area contributed by atoms with Crippen LogP contribution in [-0.2, 0) is 16.0 Å². The standard InChI is InChI=1S/C25H27NO5/c1-17(21-11-5-8-18-7-3-4-10-22(18)21)26-25(29)23-15-20(31-16-30-2)14-13-19(23)9-6-12-24(27)28/h3-5,7-8,10-11,13-15,17H,6,9,12,16H2,1-2H3,(H,26,29)(H,27,28). The highest BCUT2D eigenvalue weighted by Gasteiger charge is 2.17. The lowest BCUT2D eigenvalue weighted by Gasteiger charge is -2.18. The Morgan fingerprint density at radius 3 is 2.61 bits per heavy atom. The molecule has 162 valence electrons. The zero-order chi connectivity index (χ0) is 22.2. The van der Waals surface area contributed by atoms with E-state index < -0.39 is 5.97 Å². The Morgan fingerprint density at radius 1 is 1.06 bits per heavy atom. The molecular weight excluding hydrogens is 394 g/mol. The second kappa shape index (κ2) is 10.6. The second-order valence-electron chi connectivity index (χ2n) is 7.38. The van der Waals surface area contributed by atoms with Crippen molar-refractivity contribution < 1.29 is 24.2 Å². The van der Waals surface area contributed by atoms with Crippen LogP contribution in [0.3, 0.4) is 0 Å². The number of fused-ring (bicyclic) bond motifs is 1. The van der Waals surface area contributed by atoms with E-state index in [-0.39, 0.29) is 25.2 Å². The fourth-order valence-corrected chi connectivity index (χ4v) is 3.61. The third-order valence-corrected chi connectivity index (χ3v) is 5.14. The molecule has 1 amide bonds. The molecule has 0 aromatic heterocycles. The Balaban J connectivity index is 1.84. The number of carboxylic acid groups (broad SMARTS) is 1. The highest BCUT2D eigenvalue weighted by Crippen LogP contribution is 2.26. The molecular formula is C25H27NO5. The molecule has 2 N–H and O–H groups in total. The molecule has 0 heterocycles. The van der Waals surface area contributed by atoms with Crippen LogP contribution in [0, 0.1) is 0 Å². The number of aliphatic carboxylic acids is 1. The van der Waals surface area contributed by atoms with Gasteiger partial charge < -0.3 is 19.9 Å². The van der Waals surface area contributed by atoms with Crippen LogP contribution >= 0.6 is 0 Å². The normalized spacial score (nSPS) is 11.8. The van der Waals surface area contributed by atoms with Gasteiger partial charge in [-0.1, -0.05) is 48.5 Å². The number of carbonyl (C=O) groups is 2. The minimum atomic E-state index is -0.851. The summed E-state index contributed by atoms with van der Waals surface area (Å²) in [5, 5.41) is 14.2. The van der Waals surface area contributed by atoms with Crippen LogP contribution in [0.2, 0.25) is 0 Å². The summed E-state index contributed by atoms with van der Waals surface area (Å²) in [4.78, 5) is 24.1. The summed E-state index contributed by atoms with van der Waals surface area (Å²) in [7, 11) is 1.53. The summed E-state index contributed by atoms with van der Waals surface area (Å²) >= 11 is 0. The molecule has 3 aromatic rings. The van der Waals surface area contributed by atoms with Gasteiger partial charge >= 0.3 is 5.97 Å². The summed E-state index contributed by atoms with van der Waals surface area (Å²) in [6.07, 6.45) is 0.990. The van der Waals surface area contributed by atoms with Gasteiger partial charge in [0.2, 0.25) is 0 Å². The lowest BCUT2D eigenvalue weighted by Crippen LogP contribution is -2.27. The number of nitrogens with one attached hydrogen (secondary N) is 1. The largest absolute Gasteiger partial charge is 0.481 e. The predicted octanol–water partition coefficient (Wildman–Crippen LogP) is 4.72. The Labute approximate surface area is 181 Å². The number of methoxy groups -OCH3 is 1. The van der Waals surface area contributed by atoms with Gasteiger partial charge in [0.15, 0.2) is 6.79 Å². The van der Waals surface area contributed by atoms with E-state index >= 15 is 0 Å². The molecule has 0 saturated carbocycles. The SMILES string of the molecule is COCOc1ccc(CCCC(=O)O)c(C(=O)NC(C)c2cccc3ccccc23)c1. The summed E-state index contributed by atoms with van der Waals surface area (Å²) in [6.45, 7) is 2.03. The third kappa shape index (κ3) is 5.83. The van der Waals surface area contributed by atoms with Crippen molar-refractivity contribution in [1.82, 2.24) is 5.32 Å². The molecule has 0 saturated heterocycles. The van der Waals surface area contributed by atoms with Gasteiger partial charge in [0.1, 0.15) is 5.75 Å². The Bertz CT molecular complexity index is 1060. The van der Waals surface area contributed by atoms with E-state index in [0.717, 1.165) is 21.9 Å². The molecule has 6 nitrogen and oxygen atoms in total. The van der Waals surface area contributed by atoms with Crippen molar-refractivity contribution in [3.8, 4) is 5.75 Å². The molecule has 1 unspecified atom stereocenters. The van der Waals surface area contributed by atoms with Crippen LogP contribution in [0.4, 0.5) is 0 Å². The average Bonchev–Trinajstić information content (AvgIpc) is 2.77. The number of hydrogen-bond donors (Lipinski definition) is 2. The van der Waals surface area contributed by atoms with Crippen molar-refractivity contribution >= 4 is 22.6 Å². The molecule has 0 radical (unpaired) electrons. The predicted molar refractivity (Wildman–Crippen MR) is 119 cm³/mol. The zero-order valence-corrected chi connectivity index (χ0v) is 17.8. The highest BCUT2D eigenvalue weighted by atomic mass is 16.7. The number of ether oxygens (including phenoxy) is 2. The van der Waals surface area contributed by atoms with Gasteiger partial charge in [-0.2, -0.15) is 0 Å². The van der Waals surface area contributed by atoms with Gasteiger partial charge in [-0.15, -0.1) is 0 Å². The second-order valence-corrected chi connectivity index (χ2v) is 7.38. The Kier molecular flexibility index (Phi) is 7.62. The van der Waals surface area contributed by atoms with Gasteiger partial charge in [-0.25, -0.2) is 0 Å². The fraction of sp³-hybridized carbons (Fsp3) is 0.280. The number of benzene rings is 3. The van der Waals surface area contributed by atoms with Crippen molar-refractivity contribution in [1.29, 1.82) is 0 Å². The summed E-state index contributed by atoms with van der Waals surface area (Å²) < 4.78 is 10.4. The first-order valence-corrected chi connectivity index (χ1v) is 10.2. The minimum absolute atomic E-state index is 0.0510. The van der Waals surface area contributed by atoms with Crippen LogP contribution in [0.25, 0.3) is 10.8 Å². The molecule has 1 atom stereocenters. The monoisotopic (exact) mass is 421 g/mol. The summed E-state index contributed by atoms with van der Waals surface area (Å²) in [5.74, 6) is -0.559. The number of aryl methyl sites for hydroxylation is 1. The van der Waals surface area contributed by atoms with E-state index in [2.05, 4.69) is 5.32 Å². The Hall–Kier alpha value is -3.38. The van der Waals surface area contributed by atoms with Crippen LogP contribution in [0.5, 0.6) is 5.75 Å². The van der Waals surface area contributed by atoms with E-state index in [1.54, 1.807) is 12.1 Å². The van der Waals surface area contributed by atoms with E-state index in [0.29, 0.717) is 24.2 Å². The van der Waals surface area contributed by atoms with Gasteiger partial charge in [0, 0.05) is 19.1 Å². The number of rotatable bonds is 10.